The Labute approximate surface area is 180 Å². The second kappa shape index (κ2) is 7.95. The van der Waals surface area contributed by atoms with Crippen LogP contribution in [0.3, 0.4) is 0 Å². The van der Waals surface area contributed by atoms with Crippen molar-refractivity contribution in [1.82, 2.24) is 9.97 Å². The zero-order chi connectivity index (χ0) is 19.8. The molecule has 1 aliphatic rings. The van der Waals surface area contributed by atoms with Gasteiger partial charge in [-0.3, -0.25) is 9.69 Å². The molecule has 0 radical (unpaired) electrons. The van der Waals surface area contributed by atoms with Crippen molar-refractivity contribution in [3.63, 3.8) is 0 Å². The highest BCUT2D eigenvalue weighted by atomic mass is 32.1. The van der Waals surface area contributed by atoms with Gasteiger partial charge in [0.15, 0.2) is 5.13 Å². The van der Waals surface area contributed by atoms with E-state index in [1.54, 1.807) is 27.6 Å². The van der Waals surface area contributed by atoms with Gasteiger partial charge in [-0.25, -0.2) is 9.97 Å². The van der Waals surface area contributed by atoms with Crippen LogP contribution in [0.1, 0.15) is 28.2 Å². The third-order valence-electron chi connectivity index (χ3n) is 4.93. The number of thiophene rings is 1. The van der Waals surface area contributed by atoms with Crippen molar-refractivity contribution in [2.45, 2.75) is 25.9 Å². The number of anilines is 1. The van der Waals surface area contributed by atoms with Crippen LogP contribution in [-0.4, -0.2) is 35.1 Å². The number of aromatic nitrogens is 2. The molecule has 5 rings (SSSR count). The van der Waals surface area contributed by atoms with E-state index >= 15 is 0 Å². The molecule has 0 spiro atoms. The van der Waals surface area contributed by atoms with E-state index in [9.17, 15) is 4.79 Å². The van der Waals surface area contributed by atoms with Gasteiger partial charge >= 0.3 is 0 Å². The summed E-state index contributed by atoms with van der Waals surface area (Å²) in [4.78, 5) is 25.5. The SMILES string of the molecule is Cc1nc(-c2ccsc2)sc1C(=O)N(CC1CCCO1)c1nc2ccccc2s1. The molecule has 1 amide bonds. The maximum atomic E-state index is 13.6. The number of nitrogens with zero attached hydrogens (tertiary/aromatic N) is 3. The fourth-order valence-electron chi connectivity index (χ4n) is 3.44. The summed E-state index contributed by atoms with van der Waals surface area (Å²) in [6.07, 6.45) is 2.06. The molecule has 8 heteroatoms. The summed E-state index contributed by atoms with van der Waals surface area (Å²) in [6.45, 7) is 3.18. The van der Waals surface area contributed by atoms with Gasteiger partial charge in [-0.2, -0.15) is 11.3 Å². The van der Waals surface area contributed by atoms with Crippen molar-refractivity contribution in [1.29, 1.82) is 0 Å². The number of benzene rings is 1. The number of ether oxygens (including phenoxy) is 1. The van der Waals surface area contributed by atoms with E-state index in [-0.39, 0.29) is 12.0 Å². The zero-order valence-electron chi connectivity index (χ0n) is 15.8. The highest BCUT2D eigenvalue weighted by Crippen LogP contribution is 2.34. The summed E-state index contributed by atoms with van der Waals surface area (Å²) in [5.41, 5.74) is 2.74. The molecule has 0 bridgehead atoms. The van der Waals surface area contributed by atoms with Crippen molar-refractivity contribution < 1.29 is 9.53 Å². The molecule has 3 aromatic heterocycles. The molecule has 1 unspecified atom stereocenters. The van der Waals surface area contributed by atoms with Crippen LogP contribution in [0.15, 0.2) is 41.1 Å². The molecule has 1 atom stereocenters. The van der Waals surface area contributed by atoms with Gasteiger partial charge in [-0.05, 0) is 43.3 Å². The first-order valence-corrected chi connectivity index (χ1v) is 12.1. The van der Waals surface area contributed by atoms with Crippen molar-refractivity contribution in [2.24, 2.45) is 0 Å². The van der Waals surface area contributed by atoms with Gasteiger partial charge in [0, 0.05) is 17.6 Å². The first-order chi connectivity index (χ1) is 14.2. The predicted molar refractivity (Wildman–Crippen MR) is 120 cm³/mol. The molecule has 1 aliphatic heterocycles. The first-order valence-electron chi connectivity index (χ1n) is 9.48. The number of thiazole rings is 2. The third kappa shape index (κ3) is 3.73. The number of amides is 1. The fourth-order valence-corrected chi connectivity index (χ4v) is 6.14. The zero-order valence-corrected chi connectivity index (χ0v) is 18.3. The normalized spacial score (nSPS) is 16.5. The minimum atomic E-state index is -0.0453. The van der Waals surface area contributed by atoms with Crippen molar-refractivity contribution in [2.75, 3.05) is 18.1 Å². The van der Waals surface area contributed by atoms with E-state index in [4.69, 9.17) is 9.72 Å². The van der Waals surface area contributed by atoms with Gasteiger partial charge in [0.05, 0.1) is 28.6 Å². The molecule has 5 nitrogen and oxygen atoms in total. The first kappa shape index (κ1) is 18.9. The maximum absolute atomic E-state index is 13.6. The van der Waals surface area contributed by atoms with Crippen LogP contribution >= 0.6 is 34.0 Å². The number of aryl methyl sites for hydroxylation is 1. The summed E-state index contributed by atoms with van der Waals surface area (Å²) in [5.74, 6) is -0.0453. The molecular weight excluding hydrogens is 422 g/mol. The van der Waals surface area contributed by atoms with Crippen LogP contribution in [0.2, 0.25) is 0 Å². The number of hydrogen-bond acceptors (Lipinski definition) is 7. The Morgan fingerprint density at radius 3 is 2.90 bits per heavy atom. The lowest BCUT2D eigenvalue weighted by Crippen LogP contribution is -2.37. The fraction of sp³-hybridized carbons (Fsp3) is 0.286. The minimum Gasteiger partial charge on any atom is -0.376 e. The number of rotatable bonds is 5. The highest BCUT2D eigenvalue weighted by molar-refractivity contribution is 7.22. The maximum Gasteiger partial charge on any atom is 0.272 e. The Morgan fingerprint density at radius 1 is 1.24 bits per heavy atom. The van der Waals surface area contributed by atoms with Crippen LogP contribution in [0, 0.1) is 6.92 Å². The second-order valence-corrected chi connectivity index (χ2v) is 9.75. The van der Waals surface area contributed by atoms with Gasteiger partial charge in [-0.15, -0.1) is 11.3 Å². The molecule has 1 saturated heterocycles. The number of fused-ring (bicyclic) bond motifs is 1. The topological polar surface area (TPSA) is 55.3 Å². The Bertz CT molecular complexity index is 1110. The lowest BCUT2D eigenvalue weighted by Gasteiger charge is -2.22. The van der Waals surface area contributed by atoms with Gasteiger partial charge in [0.2, 0.25) is 0 Å². The standard InChI is InChI=1S/C21H19N3O2S3/c1-13-18(29-19(22-13)14-8-10-27-12-14)20(25)24(11-15-5-4-9-26-15)21-23-16-6-2-3-7-17(16)28-21/h2-3,6-8,10,12,15H,4-5,9,11H2,1H3. The lowest BCUT2D eigenvalue weighted by molar-refractivity contribution is 0.0920. The Morgan fingerprint density at radius 2 is 2.14 bits per heavy atom. The monoisotopic (exact) mass is 441 g/mol. The third-order valence-corrected chi connectivity index (χ3v) is 7.86. The molecule has 4 heterocycles. The summed E-state index contributed by atoms with van der Waals surface area (Å²) < 4.78 is 6.91. The van der Waals surface area contributed by atoms with Crippen LogP contribution in [-0.2, 0) is 4.74 Å². The summed E-state index contributed by atoms with van der Waals surface area (Å²) >= 11 is 4.63. The van der Waals surface area contributed by atoms with Crippen LogP contribution < -0.4 is 4.90 Å². The van der Waals surface area contributed by atoms with Gasteiger partial charge in [0.1, 0.15) is 9.88 Å². The minimum absolute atomic E-state index is 0.0453. The Balaban J connectivity index is 1.52. The summed E-state index contributed by atoms with van der Waals surface area (Å²) in [6, 6.07) is 10.0. The molecule has 4 aromatic rings. The number of carbonyl (C=O) groups is 1. The lowest BCUT2D eigenvalue weighted by atomic mass is 10.2. The van der Waals surface area contributed by atoms with Crippen molar-refractivity contribution >= 4 is 55.3 Å². The van der Waals surface area contributed by atoms with Gasteiger partial charge < -0.3 is 4.74 Å². The molecular formula is C21H19N3O2S3. The van der Waals surface area contributed by atoms with E-state index in [0.717, 1.165) is 51.1 Å². The van der Waals surface area contributed by atoms with Gasteiger partial charge in [-0.1, -0.05) is 23.5 Å². The largest absolute Gasteiger partial charge is 0.376 e. The summed E-state index contributed by atoms with van der Waals surface area (Å²) in [5, 5.41) is 5.69. The smallest absolute Gasteiger partial charge is 0.272 e. The van der Waals surface area contributed by atoms with Crippen LogP contribution in [0.25, 0.3) is 20.8 Å². The van der Waals surface area contributed by atoms with Crippen LogP contribution in [0.4, 0.5) is 5.13 Å². The molecule has 0 N–H and O–H groups in total. The Kier molecular flexibility index (Phi) is 5.17. The van der Waals surface area contributed by atoms with E-state index in [1.807, 2.05) is 42.6 Å². The molecule has 0 saturated carbocycles. The van der Waals surface area contributed by atoms with E-state index < -0.39 is 0 Å². The molecule has 29 heavy (non-hydrogen) atoms. The number of hydrogen-bond donors (Lipinski definition) is 0. The van der Waals surface area contributed by atoms with Crippen molar-refractivity contribution in [3.8, 4) is 10.6 Å². The highest BCUT2D eigenvalue weighted by Gasteiger charge is 2.29. The summed E-state index contributed by atoms with van der Waals surface area (Å²) in [7, 11) is 0. The average Bonchev–Trinajstić information content (AvgIpc) is 3.52. The number of para-hydroxylation sites is 1. The molecule has 148 valence electrons. The predicted octanol–water partition coefficient (Wildman–Crippen LogP) is 5.62. The average molecular weight is 442 g/mol. The Hall–Kier alpha value is -2.13. The van der Waals surface area contributed by atoms with Gasteiger partial charge in [0.25, 0.3) is 5.91 Å². The van der Waals surface area contributed by atoms with Crippen molar-refractivity contribution in [3.05, 3.63) is 51.7 Å². The molecule has 1 aromatic carbocycles. The quantitative estimate of drug-likeness (QED) is 0.404. The van der Waals surface area contributed by atoms with E-state index in [1.165, 1.54) is 11.3 Å². The number of carbonyl (C=O) groups excluding carboxylic acids is 1. The van der Waals surface area contributed by atoms with E-state index in [0.29, 0.717) is 11.4 Å². The molecule has 0 aliphatic carbocycles. The van der Waals surface area contributed by atoms with E-state index in [2.05, 4.69) is 10.4 Å². The molecule has 1 fully saturated rings. The van der Waals surface area contributed by atoms with Crippen LogP contribution in [0.5, 0.6) is 0 Å². The second-order valence-electron chi connectivity index (χ2n) is 6.96.